The van der Waals surface area contributed by atoms with Gasteiger partial charge >= 0.3 is 0 Å². The molecule has 102 valence electrons. The molecule has 1 heterocycles. The van der Waals surface area contributed by atoms with Crippen LogP contribution in [0.15, 0.2) is 28.9 Å². The highest BCUT2D eigenvalue weighted by atomic mass is 79.9. The number of hydrogen-bond donors (Lipinski definition) is 1. The van der Waals surface area contributed by atoms with Gasteiger partial charge in [-0.05, 0) is 45.8 Å². The summed E-state index contributed by atoms with van der Waals surface area (Å²) in [6.07, 6.45) is 1.93. The van der Waals surface area contributed by atoms with E-state index in [2.05, 4.69) is 59.0 Å². The van der Waals surface area contributed by atoms with E-state index in [1.165, 1.54) is 11.1 Å². The van der Waals surface area contributed by atoms with Crippen LogP contribution in [0, 0.1) is 0 Å². The van der Waals surface area contributed by atoms with Gasteiger partial charge in [0.25, 0.3) is 0 Å². The van der Waals surface area contributed by atoms with Crippen LogP contribution < -0.4 is 5.73 Å². The van der Waals surface area contributed by atoms with Crippen LogP contribution in [0.1, 0.15) is 36.6 Å². The van der Waals surface area contributed by atoms with Gasteiger partial charge in [-0.3, -0.25) is 0 Å². The van der Waals surface area contributed by atoms with Crippen molar-refractivity contribution < 1.29 is 0 Å². The fourth-order valence-corrected chi connectivity index (χ4v) is 2.77. The van der Waals surface area contributed by atoms with Crippen LogP contribution in [0.3, 0.4) is 0 Å². The largest absolute Gasteiger partial charge is 0.369 e. The Hall–Kier alpha value is -1.29. The molecule has 3 nitrogen and oxygen atoms in total. The molecule has 2 N–H and O–H groups in total. The van der Waals surface area contributed by atoms with E-state index in [1.807, 2.05) is 11.6 Å². The van der Waals surface area contributed by atoms with E-state index in [9.17, 15) is 0 Å². The number of anilines is 1. The first-order chi connectivity index (χ1) is 8.99. The van der Waals surface area contributed by atoms with Gasteiger partial charge in [-0.25, -0.2) is 4.98 Å². The molecule has 19 heavy (non-hydrogen) atoms. The zero-order valence-corrected chi connectivity index (χ0v) is 13.2. The first kappa shape index (κ1) is 14.1. The molecular formula is C15H20BrN3. The van der Waals surface area contributed by atoms with Crippen LogP contribution in [-0.4, -0.2) is 9.55 Å². The molecule has 0 radical (unpaired) electrons. The number of rotatable bonds is 4. The van der Waals surface area contributed by atoms with E-state index < -0.39 is 0 Å². The number of benzene rings is 1. The molecule has 0 unspecified atom stereocenters. The fourth-order valence-electron chi connectivity index (χ4n) is 2.12. The van der Waals surface area contributed by atoms with Gasteiger partial charge in [0, 0.05) is 7.05 Å². The number of imidazole rings is 1. The molecule has 0 aliphatic rings. The number of nitrogens with two attached hydrogens (primary N) is 1. The lowest BCUT2D eigenvalue weighted by Gasteiger charge is -2.08. The second-order valence-corrected chi connectivity index (χ2v) is 5.91. The van der Waals surface area contributed by atoms with Crippen molar-refractivity contribution in [1.29, 1.82) is 0 Å². The molecule has 1 aromatic heterocycles. The molecule has 0 saturated heterocycles. The van der Waals surface area contributed by atoms with Crippen molar-refractivity contribution in [2.45, 2.75) is 32.6 Å². The van der Waals surface area contributed by atoms with E-state index >= 15 is 0 Å². The normalized spacial score (nSPS) is 11.2. The Morgan fingerprint density at radius 2 is 1.84 bits per heavy atom. The average molecular weight is 322 g/mol. The maximum atomic E-state index is 5.79. The van der Waals surface area contributed by atoms with E-state index in [-0.39, 0.29) is 0 Å². The van der Waals surface area contributed by atoms with Crippen molar-refractivity contribution in [2.75, 3.05) is 5.73 Å². The molecule has 4 heteroatoms. The van der Waals surface area contributed by atoms with Gasteiger partial charge in [-0.2, -0.15) is 0 Å². The standard InChI is InChI=1S/C15H20BrN3/c1-10(2)12-7-4-11(5-8-12)6-9-13-14(16)18-15(17)19(13)3/h4-5,7-8,10H,6,9H2,1-3H3,(H2,17,18). The van der Waals surface area contributed by atoms with Crippen LogP contribution in [0.25, 0.3) is 0 Å². The Labute approximate surface area is 123 Å². The lowest BCUT2D eigenvalue weighted by atomic mass is 10.00. The lowest BCUT2D eigenvalue weighted by Crippen LogP contribution is -2.03. The smallest absolute Gasteiger partial charge is 0.201 e. The molecule has 2 aromatic rings. The number of aryl methyl sites for hydroxylation is 1. The lowest BCUT2D eigenvalue weighted by molar-refractivity contribution is 0.802. The maximum Gasteiger partial charge on any atom is 0.201 e. The second-order valence-electron chi connectivity index (χ2n) is 5.16. The van der Waals surface area contributed by atoms with Gasteiger partial charge in [0.2, 0.25) is 5.95 Å². The Kier molecular flexibility index (Phi) is 4.30. The van der Waals surface area contributed by atoms with Crippen molar-refractivity contribution in [2.24, 2.45) is 7.05 Å². The minimum atomic E-state index is 0.553. The number of hydrogen-bond acceptors (Lipinski definition) is 2. The molecule has 0 spiro atoms. The Morgan fingerprint density at radius 3 is 2.32 bits per heavy atom. The molecular weight excluding hydrogens is 302 g/mol. The van der Waals surface area contributed by atoms with Gasteiger partial charge in [0.05, 0.1) is 5.69 Å². The highest BCUT2D eigenvalue weighted by Gasteiger charge is 2.10. The van der Waals surface area contributed by atoms with Crippen molar-refractivity contribution in [3.8, 4) is 0 Å². The van der Waals surface area contributed by atoms with Gasteiger partial charge in [-0.15, -0.1) is 0 Å². The van der Waals surface area contributed by atoms with Crippen LogP contribution >= 0.6 is 15.9 Å². The molecule has 2 rings (SSSR count). The minimum Gasteiger partial charge on any atom is -0.369 e. The monoisotopic (exact) mass is 321 g/mol. The van der Waals surface area contributed by atoms with Gasteiger partial charge in [0.1, 0.15) is 4.60 Å². The molecule has 0 atom stereocenters. The third kappa shape index (κ3) is 3.18. The van der Waals surface area contributed by atoms with Crippen LogP contribution in [0.4, 0.5) is 5.95 Å². The highest BCUT2D eigenvalue weighted by Crippen LogP contribution is 2.21. The van der Waals surface area contributed by atoms with Crippen molar-refractivity contribution in [3.05, 3.63) is 45.7 Å². The first-order valence-corrected chi connectivity index (χ1v) is 7.33. The van der Waals surface area contributed by atoms with Crippen molar-refractivity contribution in [3.63, 3.8) is 0 Å². The first-order valence-electron chi connectivity index (χ1n) is 6.54. The van der Waals surface area contributed by atoms with Crippen molar-refractivity contribution >= 4 is 21.9 Å². The summed E-state index contributed by atoms with van der Waals surface area (Å²) in [5, 5.41) is 0. The summed E-state index contributed by atoms with van der Waals surface area (Å²) in [5.74, 6) is 1.14. The summed E-state index contributed by atoms with van der Waals surface area (Å²) in [4.78, 5) is 4.22. The van der Waals surface area contributed by atoms with Crippen LogP contribution in [0.5, 0.6) is 0 Å². The predicted octanol–water partition coefficient (Wildman–Crippen LogP) is 3.67. The summed E-state index contributed by atoms with van der Waals surface area (Å²) in [6.45, 7) is 4.43. The third-order valence-corrected chi connectivity index (χ3v) is 4.13. The summed E-state index contributed by atoms with van der Waals surface area (Å²) >= 11 is 3.46. The Morgan fingerprint density at radius 1 is 1.21 bits per heavy atom. The summed E-state index contributed by atoms with van der Waals surface area (Å²) in [5.41, 5.74) is 9.66. The second kappa shape index (κ2) is 5.78. The van der Waals surface area contributed by atoms with E-state index in [0.717, 1.165) is 23.1 Å². The molecule has 1 aromatic carbocycles. The highest BCUT2D eigenvalue weighted by molar-refractivity contribution is 9.10. The predicted molar refractivity (Wildman–Crippen MR) is 83.3 cm³/mol. The molecule has 0 amide bonds. The number of nitrogens with zero attached hydrogens (tertiary/aromatic N) is 2. The van der Waals surface area contributed by atoms with Crippen LogP contribution in [0.2, 0.25) is 0 Å². The number of aromatic nitrogens is 2. The maximum absolute atomic E-state index is 5.79. The fraction of sp³-hybridized carbons (Fsp3) is 0.400. The summed E-state index contributed by atoms with van der Waals surface area (Å²) in [7, 11) is 1.95. The molecule has 0 fully saturated rings. The van der Waals surface area contributed by atoms with Crippen LogP contribution in [-0.2, 0) is 19.9 Å². The Balaban J connectivity index is 2.06. The van der Waals surface area contributed by atoms with E-state index in [1.54, 1.807) is 0 Å². The molecule has 0 bridgehead atoms. The molecule has 0 aliphatic heterocycles. The quantitative estimate of drug-likeness (QED) is 0.933. The topological polar surface area (TPSA) is 43.8 Å². The molecule has 0 aliphatic carbocycles. The molecule has 0 saturated carbocycles. The third-order valence-electron chi connectivity index (χ3n) is 3.50. The minimum absolute atomic E-state index is 0.553. The average Bonchev–Trinajstić information content (AvgIpc) is 2.62. The van der Waals surface area contributed by atoms with Crippen molar-refractivity contribution in [1.82, 2.24) is 9.55 Å². The van der Waals surface area contributed by atoms with Gasteiger partial charge in [-0.1, -0.05) is 38.1 Å². The summed E-state index contributed by atoms with van der Waals surface area (Å²) in [6, 6.07) is 8.85. The SMILES string of the molecule is CC(C)c1ccc(CCc2c(Br)nc(N)n2C)cc1. The number of nitrogen functional groups attached to an aromatic ring is 1. The van der Waals surface area contributed by atoms with E-state index in [4.69, 9.17) is 5.73 Å². The number of halogens is 1. The Bertz CT molecular complexity index is 556. The van der Waals surface area contributed by atoms with Gasteiger partial charge in [0.15, 0.2) is 0 Å². The zero-order chi connectivity index (χ0) is 14.0. The zero-order valence-electron chi connectivity index (χ0n) is 11.7. The van der Waals surface area contributed by atoms with Gasteiger partial charge < -0.3 is 10.3 Å². The van der Waals surface area contributed by atoms with E-state index in [0.29, 0.717) is 11.9 Å². The summed E-state index contributed by atoms with van der Waals surface area (Å²) < 4.78 is 2.79.